The van der Waals surface area contributed by atoms with Crippen molar-refractivity contribution in [1.29, 1.82) is 0 Å². The second kappa shape index (κ2) is 4.93. The van der Waals surface area contributed by atoms with Gasteiger partial charge in [0.2, 0.25) is 5.91 Å². The highest BCUT2D eigenvalue weighted by Crippen LogP contribution is 2.24. The first-order chi connectivity index (χ1) is 8.38. The standard InChI is InChI=1S/C12H19N3O2S/c1-12(2,3)15-5-4-13-11(15)18-8-10(17)14-6-9(16)7-14/h4-5,9,16H,6-8H2,1-3H3. The van der Waals surface area contributed by atoms with E-state index in [1.54, 1.807) is 11.1 Å². The number of β-amino-alcohol motifs (C(OH)–C–C–N with tert-alkyl or cyclic N) is 1. The summed E-state index contributed by atoms with van der Waals surface area (Å²) in [4.78, 5) is 17.7. The first-order valence-corrected chi connectivity index (χ1v) is 6.99. The van der Waals surface area contributed by atoms with Gasteiger partial charge in [-0.25, -0.2) is 4.98 Å². The molecule has 100 valence electrons. The summed E-state index contributed by atoms with van der Waals surface area (Å²) >= 11 is 1.45. The minimum Gasteiger partial charge on any atom is -0.389 e. The van der Waals surface area contributed by atoms with Crippen molar-refractivity contribution >= 4 is 17.7 Å². The molecule has 1 amide bonds. The zero-order valence-electron chi connectivity index (χ0n) is 11.0. The summed E-state index contributed by atoms with van der Waals surface area (Å²) in [6, 6.07) is 0. The smallest absolute Gasteiger partial charge is 0.233 e. The average Bonchev–Trinajstić information content (AvgIpc) is 2.69. The van der Waals surface area contributed by atoms with Crippen molar-refractivity contribution in [1.82, 2.24) is 14.5 Å². The lowest BCUT2D eigenvalue weighted by atomic mass is 10.1. The van der Waals surface area contributed by atoms with Crippen molar-refractivity contribution in [2.75, 3.05) is 18.8 Å². The number of hydrogen-bond donors (Lipinski definition) is 1. The number of aromatic nitrogens is 2. The van der Waals surface area contributed by atoms with Gasteiger partial charge >= 0.3 is 0 Å². The first kappa shape index (κ1) is 13.4. The molecule has 1 N–H and O–H groups in total. The Labute approximate surface area is 111 Å². The van der Waals surface area contributed by atoms with Gasteiger partial charge in [0.05, 0.1) is 11.9 Å². The number of thioether (sulfide) groups is 1. The van der Waals surface area contributed by atoms with Gasteiger partial charge in [0.15, 0.2) is 5.16 Å². The lowest BCUT2D eigenvalue weighted by Gasteiger charge is -2.35. The van der Waals surface area contributed by atoms with Crippen LogP contribution in [0, 0.1) is 0 Å². The van der Waals surface area contributed by atoms with Crippen LogP contribution in [-0.2, 0) is 10.3 Å². The molecule has 6 heteroatoms. The van der Waals surface area contributed by atoms with Crippen molar-refractivity contribution in [2.24, 2.45) is 0 Å². The molecule has 1 saturated heterocycles. The van der Waals surface area contributed by atoms with Crippen LogP contribution < -0.4 is 0 Å². The molecule has 0 bridgehead atoms. The fraction of sp³-hybridized carbons (Fsp3) is 0.667. The highest BCUT2D eigenvalue weighted by Gasteiger charge is 2.29. The second-order valence-electron chi connectivity index (χ2n) is 5.49. The summed E-state index contributed by atoms with van der Waals surface area (Å²) in [7, 11) is 0. The fourth-order valence-corrected chi connectivity index (χ4v) is 2.83. The number of aliphatic hydroxyl groups excluding tert-OH is 1. The van der Waals surface area contributed by atoms with Crippen LogP contribution in [0.5, 0.6) is 0 Å². The zero-order valence-corrected chi connectivity index (χ0v) is 11.8. The topological polar surface area (TPSA) is 58.4 Å². The molecule has 0 spiro atoms. The molecular formula is C12H19N3O2S. The second-order valence-corrected chi connectivity index (χ2v) is 6.43. The summed E-state index contributed by atoms with van der Waals surface area (Å²) in [5.74, 6) is 0.438. The van der Waals surface area contributed by atoms with Crippen molar-refractivity contribution in [3.63, 3.8) is 0 Å². The summed E-state index contributed by atoms with van der Waals surface area (Å²) in [6.07, 6.45) is 3.35. The maximum Gasteiger partial charge on any atom is 0.233 e. The minimum atomic E-state index is -0.337. The van der Waals surface area contributed by atoms with Crippen LogP contribution in [0.2, 0.25) is 0 Å². The summed E-state index contributed by atoms with van der Waals surface area (Å²) in [5.41, 5.74) is -0.0329. The molecule has 1 aromatic heterocycles. The van der Waals surface area contributed by atoms with Gasteiger partial charge < -0.3 is 14.6 Å². The van der Waals surface area contributed by atoms with Crippen LogP contribution in [0.15, 0.2) is 17.6 Å². The minimum absolute atomic E-state index is 0.0329. The van der Waals surface area contributed by atoms with E-state index in [0.29, 0.717) is 18.8 Å². The number of rotatable bonds is 3. The molecule has 0 atom stereocenters. The number of imidazole rings is 1. The normalized spacial score (nSPS) is 16.8. The molecule has 1 aliphatic heterocycles. The third-order valence-corrected chi connectivity index (χ3v) is 3.82. The van der Waals surface area contributed by atoms with Crippen molar-refractivity contribution < 1.29 is 9.90 Å². The Morgan fingerprint density at radius 1 is 1.56 bits per heavy atom. The molecule has 2 rings (SSSR count). The Morgan fingerprint density at radius 3 is 2.78 bits per heavy atom. The summed E-state index contributed by atoms with van der Waals surface area (Å²) in [6.45, 7) is 7.24. The number of aliphatic hydroxyl groups is 1. The Hall–Kier alpha value is -1.01. The highest BCUT2D eigenvalue weighted by atomic mass is 32.2. The summed E-state index contributed by atoms with van der Waals surface area (Å²) < 4.78 is 2.07. The van der Waals surface area contributed by atoms with Gasteiger partial charge in [-0.1, -0.05) is 11.8 Å². The number of carbonyl (C=O) groups excluding carboxylic acids is 1. The van der Waals surface area contributed by atoms with Gasteiger partial charge in [0.25, 0.3) is 0 Å². The first-order valence-electron chi connectivity index (χ1n) is 6.00. The molecule has 5 nitrogen and oxygen atoms in total. The van der Waals surface area contributed by atoms with Crippen molar-refractivity contribution in [3.8, 4) is 0 Å². The van der Waals surface area contributed by atoms with E-state index in [1.165, 1.54) is 11.8 Å². The average molecular weight is 269 g/mol. The van der Waals surface area contributed by atoms with Gasteiger partial charge in [-0.3, -0.25) is 4.79 Å². The van der Waals surface area contributed by atoms with E-state index in [1.807, 2.05) is 6.20 Å². The van der Waals surface area contributed by atoms with E-state index in [9.17, 15) is 4.79 Å². The molecule has 1 aliphatic rings. The van der Waals surface area contributed by atoms with Gasteiger partial charge in [-0.05, 0) is 20.8 Å². The Bertz CT molecular complexity index is 433. The molecule has 1 fully saturated rings. The van der Waals surface area contributed by atoms with Gasteiger partial charge in [-0.2, -0.15) is 0 Å². The maximum atomic E-state index is 11.8. The van der Waals surface area contributed by atoms with E-state index >= 15 is 0 Å². The molecule has 0 radical (unpaired) electrons. The molecule has 0 saturated carbocycles. The summed E-state index contributed by atoms with van der Waals surface area (Å²) in [5, 5.41) is 10.0. The van der Waals surface area contributed by atoms with Crippen molar-refractivity contribution in [2.45, 2.75) is 37.6 Å². The van der Waals surface area contributed by atoms with Crippen LogP contribution in [0.1, 0.15) is 20.8 Å². The highest BCUT2D eigenvalue weighted by molar-refractivity contribution is 7.99. The molecule has 2 heterocycles. The SMILES string of the molecule is CC(C)(C)n1ccnc1SCC(=O)N1CC(O)C1. The van der Waals surface area contributed by atoms with Crippen molar-refractivity contribution in [3.05, 3.63) is 12.4 Å². The number of amides is 1. The Morgan fingerprint density at radius 2 is 2.22 bits per heavy atom. The lowest BCUT2D eigenvalue weighted by Crippen LogP contribution is -2.54. The van der Waals surface area contributed by atoms with Crippen LogP contribution in [-0.4, -0.2) is 50.4 Å². The molecule has 0 aromatic carbocycles. The Balaban J connectivity index is 1.91. The third kappa shape index (κ3) is 2.87. The van der Waals surface area contributed by atoms with E-state index in [2.05, 4.69) is 30.3 Å². The number of nitrogens with zero attached hydrogens (tertiary/aromatic N) is 3. The van der Waals surface area contributed by atoms with Gasteiger partial charge in [0, 0.05) is 31.0 Å². The van der Waals surface area contributed by atoms with Gasteiger partial charge in [0.1, 0.15) is 0 Å². The fourth-order valence-electron chi connectivity index (χ4n) is 1.78. The maximum absolute atomic E-state index is 11.8. The molecular weight excluding hydrogens is 250 g/mol. The van der Waals surface area contributed by atoms with E-state index in [4.69, 9.17) is 5.11 Å². The van der Waals surface area contributed by atoms with Crippen LogP contribution in [0.25, 0.3) is 0 Å². The number of likely N-dealkylation sites (tertiary alicyclic amines) is 1. The monoisotopic (exact) mass is 269 g/mol. The quantitative estimate of drug-likeness (QED) is 0.830. The van der Waals surface area contributed by atoms with E-state index in [-0.39, 0.29) is 17.6 Å². The molecule has 1 aromatic rings. The number of carbonyl (C=O) groups is 1. The third-order valence-electron chi connectivity index (χ3n) is 2.87. The van der Waals surface area contributed by atoms with E-state index in [0.717, 1.165) is 5.16 Å². The molecule has 0 aliphatic carbocycles. The zero-order chi connectivity index (χ0) is 13.3. The van der Waals surface area contributed by atoms with Crippen LogP contribution in [0.3, 0.4) is 0 Å². The Kier molecular flexibility index (Phi) is 3.68. The van der Waals surface area contributed by atoms with E-state index < -0.39 is 0 Å². The lowest BCUT2D eigenvalue weighted by molar-refractivity contribution is -0.138. The van der Waals surface area contributed by atoms with Gasteiger partial charge in [-0.15, -0.1) is 0 Å². The van der Waals surface area contributed by atoms with Crippen LogP contribution in [0.4, 0.5) is 0 Å². The molecule has 18 heavy (non-hydrogen) atoms. The predicted molar refractivity (Wildman–Crippen MR) is 70.5 cm³/mol. The largest absolute Gasteiger partial charge is 0.389 e. The number of hydrogen-bond acceptors (Lipinski definition) is 4. The molecule has 0 unspecified atom stereocenters. The van der Waals surface area contributed by atoms with Crippen LogP contribution >= 0.6 is 11.8 Å². The predicted octanol–water partition coefficient (Wildman–Crippen LogP) is 0.933.